The molecule has 6 nitrogen and oxygen atoms in total. The molecule has 81 heavy (non-hydrogen) atoms. The van der Waals surface area contributed by atoms with Crippen LogP contribution in [0.4, 0.5) is 0 Å². The van der Waals surface area contributed by atoms with E-state index < -0.39 is 6.10 Å². The Morgan fingerprint density at radius 3 is 0.753 bits per heavy atom. The summed E-state index contributed by atoms with van der Waals surface area (Å²) in [5.41, 5.74) is 0. The molecule has 0 aromatic carbocycles. The maximum Gasteiger partial charge on any atom is 0.306 e. The second kappa shape index (κ2) is 68.3. The van der Waals surface area contributed by atoms with Gasteiger partial charge >= 0.3 is 17.9 Å². The molecule has 1 unspecified atom stereocenters. The molecule has 0 spiro atoms. The van der Waals surface area contributed by atoms with Crippen molar-refractivity contribution >= 4 is 17.9 Å². The van der Waals surface area contributed by atoms with E-state index in [0.717, 1.165) is 128 Å². The normalized spacial score (nSPS) is 12.9. The monoisotopic (exact) mass is 1120 g/mol. The van der Waals surface area contributed by atoms with Crippen molar-refractivity contribution in [1.29, 1.82) is 0 Å². The molecule has 0 radical (unpaired) electrons. The van der Waals surface area contributed by atoms with Gasteiger partial charge in [-0.3, -0.25) is 14.4 Å². The highest BCUT2D eigenvalue weighted by atomic mass is 16.6. The number of esters is 3. The smallest absolute Gasteiger partial charge is 0.306 e. The van der Waals surface area contributed by atoms with E-state index in [2.05, 4.69) is 142 Å². The minimum atomic E-state index is -0.785. The van der Waals surface area contributed by atoms with Crippen molar-refractivity contribution < 1.29 is 28.6 Å². The first-order valence-electron chi connectivity index (χ1n) is 34.0. The number of unbranched alkanes of at least 4 members (excludes halogenated alkanes) is 30. The Labute approximate surface area is 501 Å². The molecule has 1 atom stereocenters. The first-order valence-corrected chi connectivity index (χ1v) is 34.0. The fraction of sp³-hybridized carbons (Fsp3) is 0.693. The molecule has 0 aromatic rings. The lowest BCUT2D eigenvalue weighted by molar-refractivity contribution is -0.167. The summed E-state index contributed by atoms with van der Waals surface area (Å²) < 4.78 is 16.9. The molecular weight excluding hydrogens is 997 g/mol. The second-order valence-electron chi connectivity index (χ2n) is 22.3. The van der Waals surface area contributed by atoms with Crippen LogP contribution in [0.25, 0.3) is 0 Å². The Kier molecular flexibility index (Phi) is 64.8. The molecule has 0 heterocycles. The highest BCUT2D eigenvalue weighted by Crippen LogP contribution is 2.17. The fourth-order valence-electron chi connectivity index (χ4n) is 9.44. The third-order valence-corrected chi connectivity index (χ3v) is 14.5. The number of carbonyl (C=O) groups excluding carboxylic acids is 3. The number of carbonyl (C=O) groups is 3. The van der Waals surface area contributed by atoms with Gasteiger partial charge in [-0.2, -0.15) is 0 Å². The molecule has 0 saturated carbocycles. The van der Waals surface area contributed by atoms with Crippen LogP contribution < -0.4 is 0 Å². The van der Waals surface area contributed by atoms with Gasteiger partial charge < -0.3 is 14.2 Å². The van der Waals surface area contributed by atoms with Gasteiger partial charge in [0.05, 0.1) is 0 Å². The lowest BCUT2D eigenvalue weighted by Crippen LogP contribution is -2.30. The quantitative estimate of drug-likeness (QED) is 0.0261. The zero-order valence-electron chi connectivity index (χ0n) is 53.0. The van der Waals surface area contributed by atoms with Crippen molar-refractivity contribution in [1.82, 2.24) is 0 Å². The standard InChI is InChI=1S/C75H126O6/c1-4-7-10-13-16-19-21-23-25-27-29-31-33-34-35-36-37-38-39-40-42-43-45-47-49-51-53-56-59-62-65-68-74(77)80-71-72(70-79-73(76)67-64-61-58-55-18-15-12-9-6-3)81-75(78)69-66-63-60-57-54-52-50-48-46-44-41-32-30-28-26-24-22-20-17-14-11-8-5-2/h7-8,10-11,16-17,19-20,23-26,29-32,34-35,44,46,72H,4-6,9,12-15,18,21-22,27-28,33,36-43,45,47-71H2,1-3H3/b10-7-,11-8-,19-16-,20-17-,25-23-,26-24-,31-29-,32-30-,35-34-,46-44-. The number of hydrogen-bond donors (Lipinski definition) is 0. The van der Waals surface area contributed by atoms with Gasteiger partial charge in [-0.25, -0.2) is 0 Å². The summed E-state index contributed by atoms with van der Waals surface area (Å²) in [6.45, 7) is 6.41. The zero-order chi connectivity index (χ0) is 58.5. The van der Waals surface area contributed by atoms with E-state index in [1.54, 1.807) is 0 Å². The van der Waals surface area contributed by atoms with Crippen molar-refractivity contribution in [3.05, 3.63) is 122 Å². The van der Waals surface area contributed by atoms with Crippen LogP contribution in [-0.4, -0.2) is 37.2 Å². The van der Waals surface area contributed by atoms with E-state index in [4.69, 9.17) is 14.2 Å². The Balaban J connectivity index is 4.18. The van der Waals surface area contributed by atoms with E-state index >= 15 is 0 Å². The van der Waals surface area contributed by atoms with E-state index in [1.807, 2.05) is 0 Å². The van der Waals surface area contributed by atoms with Crippen LogP contribution >= 0.6 is 0 Å². The predicted octanol–water partition coefficient (Wildman–Crippen LogP) is 23.6. The number of rotatable bonds is 61. The predicted molar refractivity (Wildman–Crippen MR) is 353 cm³/mol. The molecule has 6 heteroatoms. The van der Waals surface area contributed by atoms with Crippen LogP contribution in [0.5, 0.6) is 0 Å². The molecule has 0 bridgehead atoms. The van der Waals surface area contributed by atoms with Crippen LogP contribution in [0, 0.1) is 0 Å². The zero-order valence-corrected chi connectivity index (χ0v) is 53.0. The minimum Gasteiger partial charge on any atom is -0.462 e. The van der Waals surface area contributed by atoms with Crippen molar-refractivity contribution in [2.45, 2.75) is 322 Å². The van der Waals surface area contributed by atoms with Crippen molar-refractivity contribution in [3.8, 4) is 0 Å². The maximum absolute atomic E-state index is 12.9. The summed E-state index contributed by atoms with van der Waals surface area (Å²) in [5, 5.41) is 0. The molecule has 0 rings (SSSR count). The van der Waals surface area contributed by atoms with Gasteiger partial charge in [0.25, 0.3) is 0 Å². The van der Waals surface area contributed by atoms with Gasteiger partial charge in [0.15, 0.2) is 6.10 Å². The lowest BCUT2D eigenvalue weighted by atomic mass is 10.0. The van der Waals surface area contributed by atoms with Gasteiger partial charge in [0, 0.05) is 19.3 Å². The summed E-state index contributed by atoms with van der Waals surface area (Å²) in [7, 11) is 0. The highest BCUT2D eigenvalue weighted by Gasteiger charge is 2.19. The van der Waals surface area contributed by atoms with Crippen molar-refractivity contribution in [2.24, 2.45) is 0 Å². The van der Waals surface area contributed by atoms with E-state index in [9.17, 15) is 14.4 Å². The summed E-state index contributed by atoms with van der Waals surface area (Å²) in [6, 6.07) is 0. The van der Waals surface area contributed by atoms with Crippen LogP contribution in [0.2, 0.25) is 0 Å². The lowest BCUT2D eigenvalue weighted by Gasteiger charge is -2.18. The van der Waals surface area contributed by atoms with E-state index in [-0.39, 0.29) is 31.1 Å². The average molecular weight is 1120 g/mol. The molecule has 0 amide bonds. The Bertz CT molecular complexity index is 1670. The molecule has 0 aliphatic rings. The van der Waals surface area contributed by atoms with Crippen molar-refractivity contribution in [2.75, 3.05) is 13.2 Å². The number of ether oxygens (including phenoxy) is 3. The highest BCUT2D eigenvalue weighted by molar-refractivity contribution is 5.71. The maximum atomic E-state index is 12.9. The van der Waals surface area contributed by atoms with Gasteiger partial charge in [-0.05, 0) is 109 Å². The minimum absolute atomic E-state index is 0.0810. The molecule has 0 aromatic heterocycles. The molecule has 0 aliphatic carbocycles. The Morgan fingerprint density at radius 1 is 0.259 bits per heavy atom. The van der Waals surface area contributed by atoms with Gasteiger partial charge in [-0.1, -0.05) is 309 Å². The summed E-state index contributed by atoms with van der Waals surface area (Å²) in [5.74, 6) is -0.886. The van der Waals surface area contributed by atoms with Crippen LogP contribution in [-0.2, 0) is 28.6 Å². The molecular formula is C75H126O6. The fourth-order valence-corrected chi connectivity index (χ4v) is 9.44. The Hall–Kier alpha value is -4.19. The summed E-state index contributed by atoms with van der Waals surface area (Å²) in [6.07, 6.45) is 95.1. The van der Waals surface area contributed by atoms with Gasteiger partial charge in [-0.15, -0.1) is 0 Å². The molecule has 462 valence electrons. The molecule has 0 saturated heterocycles. The van der Waals surface area contributed by atoms with Crippen molar-refractivity contribution in [3.63, 3.8) is 0 Å². The van der Waals surface area contributed by atoms with Gasteiger partial charge in [0.1, 0.15) is 13.2 Å². The van der Waals surface area contributed by atoms with Crippen LogP contribution in [0.3, 0.4) is 0 Å². The topological polar surface area (TPSA) is 78.9 Å². The summed E-state index contributed by atoms with van der Waals surface area (Å²) >= 11 is 0. The van der Waals surface area contributed by atoms with Crippen LogP contribution in [0.15, 0.2) is 122 Å². The third-order valence-electron chi connectivity index (χ3n) is 14.5. The first-order chi connectivity index (χ1) is 40.0. The van der Waals surface area contributed by atoms with Crippen LogP contribution in [0.1, 0.15) is 316 Å². The second-order valence-corrected chi connectivity index (χ2v) is 22.3. The Morgan fingerprint density at radius 2 is 0.481 bits per heavy atom. The molecule has 0 aliphatic heterocycles. The molecule has 0 N–H and O–H groups in total. The summed E-state index contributed by atoms with van der Waals surface area (Å²) in [4.78, 5) is 38.3. The molecule has 0 fully saturated rings. The SMILES string of the molecule is CC/C=C\C/C=C\C/C=C\C/C=C\C/C=C\CCCCCCCCCCCCCCCCCC(=O)OCC(COC(=O)CCCCCCCCCCC)OC(=O)CCCCCCCCC/C=C\C/C=C\C/C=C\C/C=C\C/C=C\CC. The third kappa shape index (κ3) is 66.5. The number of hydrogen-bond acceptors (Lipinski definition) is 6. The average Bonchev–Trinajstić information content (AvgIpc) is 3.47. The largest absolute Gasteiger partial charge is 0.462 e. The van der Waals surface area contributed by atoms with Gasteiger partial charge in [0.2, 0.25) is 0 Å². The van der Waals surface area contributed by atoms with E-state index in [1.165, 1.54) is 148 Å². The number of allylic oxidation sites excluding steroid dienone is 20. The van der Waals surface area contributed by atoms with E-state index in [0.29, 0.717) is 19.3 Å². The first kappa shape index (κ1) is 76.8.